The normalized spacial score (nSPS) is 24.9. The monoisotopic (exact) mass is 332 g/mol. The Morgan fingerprint density at radius 1 is 1.26 bits per heavy atom. The van der Waals surface area contributed by atoms with Crippen LogP contribution in [0.5, 0.6) is 0 Å². The molecule has 0 spiro atoms. The Bertz CT molecular complexity index is 714. The van der Waals surface area contributed by atoms with Crippen LogP contribution in [0.25, 0.3) is 0 Å². The van der Waals surface area contributed by atoms with E-state index >= 15 is 0 Å². The number of hydrogen-bond acceptors (Lipinski definition) is 4. The summed E-state index contributed by atoms with van der Waals surface area (Å²) in [4.78, 5) is 24.9. The van der Waals surface area contributed by atoms with Gasteiger partial charge in [0.15, 0.2) is 0 Å². The highest BCUT2D eigenvalue weighted by molar-refractivity contribution is 7.16. The van der Waals surface area contributed by atoms with Crippen molar-refractivity contribution in [3.63, 3.8) is 0 Å². The minimum Gasteiger partial charge on any atom is -0.481 e. The lowest BCUT2D eigenvalue weighted by molar-refractivity contribution is -0.140. The van der Waals surface area contributed by atoms with Crippen LogP contribution in [0.2, 0.25) is 0 Å². The van der Waals surface area contributed by atoms with Gasteiger partial charge in [-0.05, 0) is 36.7 Å². The fraction of sp³-hybridized carbons (Fsp3) is 0.588. The minimum absolute atomic E-state index is 0.282. The SMILES string of the molecule is CC1(C)[C@@H](C(=O)O)[C@@H]1C(=O)Nc1sc2c(c1C#N)CCCCC2. The molecule has 0 radical (unpaired) electrons. The van der Waals surface area contributed by atoms with Crippen LogP contribution in [0.3, 0.4) is 0 Å². The molecule has 2 atom stereocenters. The van der Waals surface area contributed by atoms with Gasteiger partial charge < -0.3 is 10.4 Å². The zero-order valence-electron chi connectivity index (χ0n) is 13.3. The maximum Gasteiger partial charge on any atom is 0.307 e. The number of carboxylic acid groups (broad SMARTS) is 1. The van der Waals surface area contributed by atoms with Gasteiger partial charge in [-0.25, -0.2) is 0 Å². The first-order valence-corrected chi connectivity index (χ1v) is 8.78. The molecule has 0 aromatic carbocycles. The van der Waals surface area contributed by atoms with Crippen molar-refractivity contribution in [3.05, 3.63) is 16.0 Å². The van der Waals surface area contributed by atoms with Gasteiger partial charge in [-0.1, -0.05) is 20.3 Å². The Morgan fingerprint density at radius 2 is 1.96 bits per heavy atom. The third-order valence-electron chi connectivity index (χ3n) is 5.15. The number of hydrogen-bond donors (Lipinski definition) is 2. The van der Waals surface area contributed by atoms with E-state index in [0.29, 0.717) is 10.6 Å². The first kappa shape index (κ1) is 16.0. The van der Waals surface area contributed by atoms with E-state index in [0.717, 1.165) is 31.2 Å². The fourth-order valence-corrected chi connectivity index (χ4v) is 4.97. The van der Waals surface area contributed by atoms with Crippen molar-refractivity contribution >= 4 is 28.2 Å². The van der Waals surface area contributed by atoms with Crippen molar-refractivity contribution < 1.29 is 14.7 Å². The van der Waals surface area contributed by atoms with E-state index in [4.69, 9.17) is 0 Å². The molecule has 1 aromatic rings. The molecule has 0 bridgehead atoms. The molecular formula is C17H20N2O3S. The summed E-state index contributed by atoms with van der Waals surface area (Å²) in [6.45, 7) is 3.59. The summed E-state index contributed by atoms with van der Waals surface area (Å²) in [7, 11) is 0. The highest BCUT2D eigenvalue weighted by Crippen LogP contribution is 2.58. The minimum atomic E-state index is -0.933. The van der Waals surface area contributed by atoms with Crippen LogP contribution in [0.4, 0.5) is 5.00 Å². The Morgan fingerprint density at radius 3 is 2.57 bits per heavy atom. The molecule has 2 aliphatic carbocycles. The predicted molar refractivity (Wildman–Crippen MR) is 87.3 cm³/mol. The van der Waals surface area contributed by atoms with E-state index in [-0.39, 0.29) is 5.91 Å². The Hall–Kier alpha value is -1.87. The molecular weight excluding hydrogens is 312 g/mol. The number of carboxylic acids is 1. The lowest BCUT2D eigenvalue weighted by Gasteiger charge is -2.05. The van der Waals surface area contributed by atoms with Gasteiger partial charge in [0.25, 0.3) is 0 Å². The number of nitriles is 1. The van der Waals surface area contributed by atoms with Crippen LogP contribution in [-0.4, -0.2) is 17.0 Å². The summed E-state index contributed by atoms with van der Waals surface area (Å²) < 4.78 is 0. The van der Waals surface area contributed by atoms with E-state index in [2.05, 4.69) is 11.4 Å². The lowest BCUT2D eigenvalue weighted by Crippen LogP contribution is -2.17. The Kier molecular flexibility index (Phi) is 3.93. The van der Waals surface area contributed by atoms with E-state index in [9.17, 15) is 20.0 Å². The van der Waals surface area contributed by atoms with E-state index in [1.165, 1.54) is 22.6 Å². The van der Waals surface area contributed by atoms with Crippen molar-refractivity contribution in [2.45, 2.75) is 46.0 Å². The number of rotatable bonds is 3. The zero-order chi connectivity index (χ0) is 16.8. The van der Waals surface area contributed by atoms with Gasteiger partial charge in [0.1, 0.15) is 11.1 Å². The summed E-state index contributed by atoms with van der Waals surface area (Å²) in [5, 5.41) is 22.1. The average molecular weight is 332 g/mol. The van der Waals surface area contributed by atoms with Gasteiger partial charge in [0.2, 0.25) is 5.91 Å². The molecule has 2 N–H and O–H groups in total. The van der Waals surface area contributed by atoms with Crippen LogP contribution in [-0.2, 0) is 22.4 Å². The van der Waals surface area contributed by atoms with Crippen LogP contribution in [0.15, 0.2) is 0 Å². The number of fused-ring (bicyclic) bond motifs is 1. The van der Waals surface area contributed by atoms with Crippen molar-refractivity contribution in [1.82, 2.24) is 0 Å². The predicted octanol–water partition coefficient (Wildman–Crippen LogP) is 3.18. The van der Waals surface area contributed by atoms with Crippen LogP contribution in [0, 0.1) is 28.6 Å². The maximum absolute atomic E-state index is 12.5. The number of anilines is 1. The second kappa shape index (κ2) is 5.64. The third kappa shape index (κ3) is 2.63. The van der Waals surface area contributed by atoms with Gasteiger partial charge in [0.05, 0.1) is 17.4 Å². The molecule has 5 nitrogen and oxygen atoms in total. The highest BCUT2D eigenvalue weighted by atomic mass is 32.1. The number of thiophene rings is 1. The van der Waals surface area contributed by atoms with E-state index in [1.54, 1.807) is 13.8 Å². The number of aliphatic carboxylic acids is 1. The summed E-state index contributed by atoms with van der Waals surface area (Å²) in [6.07, 6.45) is 5.20. The smallest absolute Gasteiger partial charge is 0.307 e. The molecule has 1 aromatic heterocycles. The van der Waals surface area contributed by atoms with Crippen LogP contribution in [0.1, 0.15) is 49.1 Å². The van der Waals surface area contributed by atoms with E-state index < -0.39 is 23.2 Å². The number of nitrogens with zero attached hydrogens (tertiary/aromatic N) is 1. The largest absolute Gasteiger partial charge is 0.481 e. The van der Waals surface area contributed by atoms with E-state index in [1.807, 2.05) is 0 Å². The van der Waals surface area contributed by atoms with Crippen LogP contribution >= 0.6 is 11.3 Å². The number of aryl methyl sites for hydroxylation is 1. The number of amides is 1. The fourth-order valence-electron chi connectivity index (χ4n) is 3.73. The average Bonchev–Trinajstić information content (AvgIpc) is 3.02. The van der Waals surface area contributed by atoms with Crippen molar-refractivity contribution in [2.75, 3.05) is 5.32 Å². The number of carbonyl (C=O) groups is 2. The summed E-state index contributed by atoms with van der Waals surface area (Å²) in [6, 6.07) is 2.23. The van der Waals surface area contributed by atoms with Crippen molar-refractivity contribution in [2.24, 2.45) is 17.3 Å². The molecule has 23 heavy (non-hydrogen) atoms. The second-order valence-corrected chi connectivity index (χ2v) is 8.09. The van der Waals surface area contributed by atoms with Gasteiger partial charge in [-0.3, -0.25) is 9.59 Å². The molecule has 0 aliphatic heterocycles. The molecule has 6 heteroatoms. The maximum atomic E-state index is 12.5. The van der Waals surface area contributed by atoms with Gasteiger partial charge in [-0.15, -0.1) is 11.3 Å². The summed E-state index contributed by atoms with van der Waals surface area (Å²) in [5.41, 5.74) is 1.12. The summed E-state index contributed by atoms with van der Waals surface area (Å²) >= 11 is 1.48. The Labute approximate surface area is 139 Å². The molecule has 3 rings (SSSR count). The molecule has 122 valence electrons. The second-order valence-electron chi connectivity index (χ2n) is 6.98. The molecule has 1 amide bonds. The number of carbonyl (C=O) groups excluding carboxylic acids is 1. The molecule has 1 saturated carbocycles. The topological polar surface area (TPSA) is 90.2 Å². The third-order valence-corrected chi connectivity index (χ3v) is 6.35. The van der Waals surface area contributed by atoms with Crippen molar-refractivity contribution in [3.8, 4) is 6.07 Å². The zero-order valence-corrected chi connectivity index (χ0v) is 14.1. The van der Waals surface area contributed by atoms with Gasteiger partial charge in [0, 0.05) is 4.88 Å². The molecule has 1 fully saturated rings. The first-order chi connectivity index (χ1) is 10.9. The van der Waals surface area contributed by atoms with Crippen molar-refractivity contribution in [1.29, 1.82) is 5.26 Å². The number of nitrogens with one attached hydrogen (secondary N) is 1. The Balaban J connectivity index is 1.83. The summed E-state index contributed by atoms with van der Waals surface area (Å²) in [5.74, 6) is -2.40. The molecule has 0 saturated heterocycles. The molecule has 2 aliphatic rings. The molecule has 1 heterocycles. The highest BCUT2D eigenvalue weighted by Gasteiger charge is 2.66. The van der Waals surface area contributed by atoms with Gasteiger partial charge in [-0.2, -0.15) is 5.26 Å². The van der Waals surface area contributed by atoms with Gasteiger partial charge >= 0.3 is 5.97 Å². The lowest BCUT2D eigenvalue weighted by atomic mass is 10.1. The first-order valence-electron chi connectivity index (χ1n) is 7.96. The van der Waals surface area contributed by atoms with Crippen LogP contribution < -0.4 is 5.32 Å². The quantitative estimate of drug-likeness (QED) is 0.832. The molecule has 0 unspecified atom stereocenters. The standard InChI is InChI=1S/C17H20N2O3S/c1-17(2)12(13(17)16(21)22)14(20)19-15-10(8-18)9-6-4-3-5-7-11(9)23-15/h12-13H,3-7H2,1-2H3,(H,19,20)(H,21,22)/t12-,13-/m1/s1.